The summed E-state index contributed by atoms with van der Waals surface area (Å²) in [4.78, 5) is 8.61. The number of hydrogen-bond donors (Lipinski definition) is 1. The highest BCUT2D eigenvalue weighted by atomic mass is 32.2. The molecule has 0 aliphatic carbocycles. The van der Waals surface area contributed by atoms with Gasteiger partial charge in [-0.05, 0) is 26.2 Å². The van der Waals surface area contributed by atoms with E-state index in [9.17, 15) is 8.42 Å². The third-order valence-electron chi connectivity index (χ3n) is 3.19. The third kappa shape index (κ3) is 3.95. The fourth-order valence-electron chi connectivity index (χ4n) is 2.04. The lowest BCUT2D eigenvalue weighted by Gasteiger charge is -2.32. The van der Waals surface area contributed by atoms with E-state index in [-0.39, 0.29) is 6.54 Å². The Morgan fingerprint density at radius 2 is 2.05 bits per heavy atom. The van der Waals surface area contributed by atoms with Crippen LogP contribution in [-0.2, 0) is 26.9 Å². The average Bonchev–Trinajstić information content (AvgIpc) is 2.37. The Kier molecular flexibility index (Phi) is 4.17. The van der Waals surface area contributed by atoms with Gasteiger partial charge in [-0.2, -0.15) is 0 Å². The molecule has 1 atom stereocenters. The maximum absolute atomic E-state index is 11.0. The van der Waals surface area contributed by atoms with Gasteiger partial charge in [-0.3, -0.25) is 0 Å². The average molecular weight is 285 g/mol. The molecule has 0 amide bonds. The van der Waals surface area contributed by atoms with Crippen molar-refractivity contribution in [3.05, 3.63) is 23.8 Å². The predicted octanol–water partition coefficient (Wildman–Crippen LogP) is 0.941. The highest BCUT2D eigenvalue weighted by Gasteiger charge is 2.32. The van der Waals surface area contributed by atoms with E-state index in [4.69, 9.17) is 4.74 Å². The quantitative estimate of drug-likeness (QED) is 0.890. The van der Waals surface area contributed by atoms with Crippen LogP contribution in [-0.4, -0.2) is 31.2 Å². The number of rotatable bonds is 4. The van der Waals surface area contributed by atoms with Crippen molar-refractivity contribution < 1.29 is 13.2 Å². The molecule has 1 N–H and O–H groups in total. The molecule has 2 heterocycles. The Labute approximate surface area is 113 Å². The van der Waals surface area contributed by atoms with Crippen LogP contribution in [0, 0.1) is 0 Å². The summed E-state index contributed by atoms with van der Waals surface area (Å²) in [7, 11) is -3.20. The van der Waals surface area contributed by atoms with Crippen LogP contribution in [0.3, 0.4) is 0 Å². The van der Waals surface area contributed by atoms with Gasteiger partial charge in [0.15, 0.2) is 5.82 Å². The van der Waals surface area contributed by atoms with E-state index < -0.39 is 15.6 Å². The van der Waals surface area contributed by atoms with Crippen LogP contribution in [0.2, 0.25) is 0 Å². The van der Waals surface area contributed by atoms with Crippen molar-refractivity contribution in [2.45, 2.75) is 38.3 Å². The Hall–Kier alpha value is -1.05. The molecular formula is C12H19N3O3S. The van der Waals surface area contributed by atoms with Gasteiger partial charge >= 0.3 is 0 Å². The molecule has 1 saturated heterocycles. The fraction of sp³-hybridized carbons (Fsp3) is 0.667. The molecule has 0 spiro atoms. The van der Waals surface area contributed by atoms with E-state index in [0.29, 0.717) is 5.82 Å². The minimum Gasteiger partial charge on any atom is -0.367 e. The first-order valence-corrected chi connectivity index (χ1v) is 8.18. The van der Waals surface area contributed by atoms with Crippen molar-refractivity contribution in [2.75, 3.05) is 12.9 Å². The molecule has 19 heavy (non-hydrogen) atoms. The van der Waals surface area contributed by atoms with Crippen molar-refractivity contribution in [2.24, 2.45) is 0 Å². The van der Waals surface area contributed by atoms with Crippen LogP contribution in [0.5, 0.6) is 0 Å². The summed E-state index contributed by atoms with van der Waals surface area (Å²) in [5.74, 6) is 0.662. The molecular weight excluding hydrogens is 266 g/mol. The molecule has 7 heteroatoms. The first-order chi connectivity index (χ1) is 8.89. The Morgan fingerprint density at radius 3 is 2.58 bits per heavy atom. The third-order valence-corrected chi connectivity index (χ3v) is 3.85. The highest BCUT2D eigenvalue weighted by molar-refractivity contribution is 7.88. The molecule has 1 aliphatic rings. The normalized spacial score (nSPS) is 24.3. The van der Waals surface area contributed by atoms with Gasteiger partial charge in [0, 0.05) is 31.1 Å². The van der Waals surface area contributed by atoms with E-state index in [2.05, 4.69) is 14.7 Å². The Balaban J connectivity index is 2.05. The molecule has 0 aromatic carbocycles. The second kappa shape index (κ2) is 5.52. The number of sulfonamides is 1. The molecule has 1 aliphatic heterocycles. The molecule has 0 radical (unpaired) electrons. The standard InChI is InChI=1S/C12H19N3O3S/c1-12(5-3-4-6-18-12)11-13-7-10(8-14-11)9-15-19(2,16)17/h7-8,15H,3-6,9H2,1-2H3. The van der Waals surface area contributed by atoms with Crippen molar-refractivity contribution in [3.63, 3.8) is 0 Å². The number of nitrogens with zero attached hydrogens (tertiary/aromatic N) is 2. The molecule has 1 unspecified atom stereocenters. The van der Waals surface area contributed by atoms with E-state index >= 15 is 0 Å². The molecule has 106 valence electrons. The number of nitrogens with one attached hydrogen (secondary N) is 1. The first kappa shape index (κ1) is 14.4. The lowest BCUT2D eigenvalue weighted by Crippen LogP contribution is -2.32. The van der Waals surface area contributed by atoms with Crippen molar-refractivity contribution in [3.8, 4) is 0 Å². The van der Waals surface area contributed by atoms with Crippen LogP contribution < -0.4 is 4.72 Å². The zero-order chi connectivity index (χ0) is 13.9. The lowest BCUT2D eigenvalue weighted by atomic mass is 9.95. The summed E-state index contributed by atoms with van der Waals surface area (Å²) in [5, 5.41) is 0. The van der Waals surface area contributed by atoms with E-state index in [0.717, 1.165) is 37.7 Å². The second-order valence-electron chi connectivity index (χ2n) is 5.04. The van der Waals surface area contributed by atoms with E-state index in [1.54, 1.807) is 12.4 Å². The first-order valence-electron chi connectivity index (χ1n) is 6.29. The zero-order valence-corrected chi connectivity index (χ0v) is 12.0. The monoisotopic (exact) mass is 285 g/mol. The molecule has 1 aromatic heterocycles. The van der Waals surface area contributed by atoms with Crippen LogP contribution in [0.15, 0.2) is 12.4 Å². The van der Waals surface area contributed by atoms with Gasteiger partial charge in [0.1, 0.15) is 5.60 Å². The minimum absolute atomic E-state index is 0.205. The largest absolute Gasteiger partial charge is 0.367 e. The van der Waals surface area contributed by atoms with E-state index in [1.165, 1.54) is 0 Å². The van der Waals surface area contributed by atoms with Gasteiger partial charge in [-0.15, -0.1) is 0 Å². The van der Waals surface area contributed by atoms with Gasteiger partial charge in [0.05, 0.1) is 6.26 Å². The lowest BCUT2D eigenvalue weighted by molar-refractivity contribution is -0.0760. The maximum Gasteiger partial charge on any atom is 0.209 e. The van der Waals surface area contributed by atoms with Crippen LogP contribution in [0.25, 0.3) is 0 Å². The topological polar surface area (TPSA) is 81.2 Å². The molecule has 1 fully saturated rings. The fourth-order valence-corrected chi connectivity index (χ4v) is 2.47. The van der Waals surface area contributed by atoms with E-state index in [1.807, 2.05) is 6.92 Å². The maximum atomic E-state index is 11.0. The molecule has 0 bridgehead atoms. The van der Waals surface area contributed by atoms with Crippen molar-refractivity contribution in [1.82, 2.24) is 14.7 Å². The van der Waals surface area contributed by atoms with Gasteiger partial charge in [0.2, 0.25) is 10.0 Å². The summed E-state index contributed by atoms with van der Waals surface area (Å²) in [6, 6.07) is 0. The minimum atomic E-state index is -3.20. The van der Waals surface area contributed by atoms with Crippen LogP contribution >= 0.6 is 0 Å². The summed E-state index contributed by atoms with van der Waals surface area (Å²) < 4.78 is 30.2. The van der Waals surface area contributed by atoms with Gasteiger partial charge in [0.25, 0.3) is 0 Å². The highest BCUT2D eigenvalue weighted by Crippen LogP contribution is 2.32. The van der Waals surface area contributed by atoms with Gasteiger partial charge in [-0.25, -0.2) is 23.1 Å². The van der Waals surface area contributed by atoms with Crippen molar-refractivity contribution in [1.29, 1.82) is 0 Å². The molecule has 6 nitrogen and oxygen atoms in total. The van der Waals surface area contributed by atoms with Gasteiger partial charge in [-0.1, -0.05) is 0 Å². The van der Waals surface area contributed by atoms with Crippen LogP contribution in [0.4, 0.5) is 0 Å². The summed E-state index contributed by atoms with van der Waals surface area (Å²) in [5.41, 5.74) is 0.315. The summed E-state index contributed by atoms with van der Waals surface area (Å²) >= 11 is 0. The zero-order valence-electron chi connectivity index (χ0n) is 11.2. The van der Waals surface area contributed by atoms with Crippen molar-refractivity contribution >= 4 is 10.0 Å². The Bertz CT molecular complexity index is 522. The summed E-state index contributed by atoms with van der Waals surface area (Å²) in [6.45, 7) is 2.93. The summed E-state index contributed by atoms with van der Waals surface area (Å²) in [6.07, 6.45) is 7.50. The predicted molar refractivity (Wildman–Crippen MR) is 70.9 cm³/mol. The number of aromatic nitrogens is 2. The molecule has 0 saturated carbocycles. The smallest absolute Gasteiger partial charge is 0.209 e. The molecule has 1 aromatic rings. The SMILES string of the molecule is CC1(c2ncc(CNS(C)(=O)=O)cn2)CCCCO1. The number of ether oxygens (including phenoxy) is 1. The second-order valence-corrected chi connectivity index (χ2v) is 6.88. The number of hydrogen-bond acceptors (Lipinski definition) is 5. The van der Waals surface area contributed by atoms with Gasteiger partial charge < -0.3 is 4.74 Å². The van der Waals surface area contributed by atoms with Crippen LogP contribution in [0.1, 0.15) is 37.6 Å². The Morgan fingerprint density at radius 1 is 1.37 bits per heavy atom. The molecule has 2 rings (SSSR count).